The van der Waals surface area contributed by atoms with Crippen LogP contribution in [0.5, 0.6) is 0 Å². The van der Waals surface area contributed by atoms with E-state index in [0.717, 1.165) is 57.8 Å². The van der Waals surface area contributed by atoms with E-state index >= 15 is 0 Å². The van der Waals surface area contributed by atoms with Crippen molar-refractivity contribution in [2.75, 3.05) is 13.1 Å². The molecule has 4 amide bonds. The number of hydrogen-bond donors (Lipinski definition) is 4. The Labute approximate surface area is 231 Å². The summed E-state index contributed by atoms with van der Waals surface area (Å²) in [5.41, 5.74) is 0. The summed E-state index contributed by atoms with van der Waals surface area (Å²) in [6.45, 7) is 6.96. The van der Waals surface area contributed by atoms with Gasteiger partial charge >= 0.3 is 0 Å². The number of hydrogen-bond acceptors (Lipinski definition) is 5. The first kappa shape index (κ1) is 35.6. The van der Waals surface area contributed by atoms with Gasteiger partial charge in [0.1, 0.15) is 11.8 Å². The van der Waals surface area contributed by atoms with E-state index < -0.39 is 6.04 Å². The van der Waals surface area contributed by atoms with Crippen molar-refractivity contribution in [3.05, 3.63) is 0 Å². The van der Waals surface area contributed by atoms with Gasteiger partial charge in [0.05, 0.1) is 0 Å². The topological polar surface area (TPSA) is 133 Å². The lowest BCUT2D eigenvalue weighted by molar-refractivity contribution is -0.129. The van der Waals surface area contributed by atoms with Crippen LogP contribution in [0, 0.1) is 5.92 Å². The average molecular weight is 535 g/mol. The molecule has 216 valence electrons. The number of nitrogens with one attached hydrogen (secondary N) is 4. The molecule has 0 saturated carbocycles. The number of rotatable bonds is 24. The molecule has 0 aromatic heterocycles. The smallest absolute Gasteiger partial charge is 0.242 e. The van der Waals surface area contributed by atoms with Crippen molar-refractivity contribution in [2.45, 2.75) is 130 Å². The van der Waals surface area contributed by atoms with E-state index in [1.54, 1.807) is 0 Å². The Kier molecular flexibility index (Phi) is 22.2. The van der Waals surface area contributed by atoms with Gasteiger partial charge in [-0.15, -0.1) is 0 Å². The molecule has 38 heavy (non-hydrogen) atoms. The fraction of sp³-hybridized carbons (Fsp3) is 0.821. The summed E-state index contributed by atoms with van der Waals surface area (Å²) in [6, 6.07) is -0.540. The van der Waals surface area contributed by atoms with Crippen LogP contribution in [0.3, 0.4) is 0 Å². The minimum atomic E-state index is -0.540. The minimum Gasteiger partial charge on any atom is -0.409 e. The standard InChI is InChI=1S/C28H51BN4O5/c1-4-5-8-15-23(32-26(36)18-12-11-16-24(34)22(2)3)28(38)31-21-14-6-9-17-25(35)30-20-13-7-10-19-27(37)33-29/h22-23H,4-21H2,1-3H3,(H,30,35)(H,31,38)(H,32,36)(H,33,37)/t23-/m0/s1. The molecule has 10 heteroatoms. The van der Waals surface area contributed by atoms with Crippen LogP contribution < -0.4 is 21.2 Å². The number of amides is 4. The predicted molar refractivity (Wildman–Crippen MR) is 151 cm³/mol. The molecule has 9 nitrogen and oxygen atoms in total. The molecule has 1 atom stereocenters. The minimum absolute atomic E-state index is 0.0148. The second-order valence-electron chi connectivity index (χ2n) is 10.3. The first-order valence-electron chi connectivity index (χ1n) is 14.6. The summed E-state index contributed by atoms with van der Waals surface area (Å²) < 4.78 is 0. The summed E-state index contributed by atoms with van der Waals surface area (Å²) in [5, 5.41) is 10.8. The van der Waals surface area contributed by atoms with Crippen LogP contribution >= 0.6 is 0 Å². The molecule has 0 saturated heterocycles. The van der Waals surface area contributed by atoms with Crippen LogP contribution in [0.15, 0.2) is 0 Å². The quantitative estimate of drug-likeness (QED) is 0.111. The van der Waals surface area contributed by atoms with Crippen LogP contribution in [0.2, 0.25) is 0 Å². The highest BCUT2D eigenvalue weighted by Gasteiger charge is 2.20. The number of carbonyl (C=O) groups is 5. The van der Waals surface area contributed by atoms with Crippen molar-refractivity contribution in [3.63, 3.8) is 0 Å². The van der Waals surface area contributed by atoms with Crippen LogP contribution in [0.4, 0.5) is 0 Å². The number of carbonyl (C=O) groups excluding carboxylic acids is 5. The molecular weight excluding hydrogens is 483 g/mol. The number of ketones is 1. The lowest BCUT2D eigenvalue weighted by atomic mass is 10.0. The molecule has 0 rings (SSSR count). The van der Waals surface area contributed by atoms with Gasteiger partial charge in [0.25, 0.3) is 0 Å². The Morgan fingerprint density at radius 1 is 0.632 bits per heavy atom. The van der Waals surface area contributed by atoms with Gasteiger partial charge in [-0.2, -0.15) is 0 Å². The Balaban J connectivity index is 4.09. The van der Waals surface area contributed by atoms with E-state index in [1.165, 1.54) is 0 Å². The van der Waals surface area contributed by atoms with Crippen molar-refractivity contribution >= 4 is 37.4 Å². The molecular formula is C28H51BN4O5. The van der Waals surface area contributed by atoms with Gasteiger partial charge in [0, 0.05) is 44.7 Å². The van der Waals surface area contributed by atoms with Crippen LogP contribution in [0.25, 0.3) is 0 Å². The Morgan fingerprint density at radius 2 is 1.18 bits per heavy atom. The van der Waals surface area contributed by atoms with Crippen LogP contribution in [0.1, 0.15) is 124 Å². The summed E-state index contributed by atoms with van der Waals surface area (Å²) >= 11 is 0. The second kappa shape index (κ2) is 23.7. The summed E-state index contributed by atoms with van der Waals surface area (Å²) in [7, 11) is 5.03. The highest BCUT2D eigenvalue weighted by Crippen LogP contribution is 2.08. The molecule has 4 N–H and O–H groups in total. The van der Waals surface area contributed by atoms with E-state index in [4.69, 9.17) is 7.98 Å². The van der Waals surface area contributed by atoms with Gasteiger partial charge in [0.2, 0.25) is 31.6 Å². The molecule has 0 unspecified atom stereocenters. The molecule has 2 radical (unpaired) electrons. The largest absolute Gasteiger partial charge is 0.409 e. The number of Topliss-reactive ketones (excluding diaryl/α,β-unsaturated/α-hetero) is 1. The fourth-order valence-corrected chi connectivity index (χ4v) is 3.91. The molecule has 0 fully saturated rings. The first-order valence-corrected chi connectivity index (χ1v) is 14.6. The van der Waals surface area contributed by atoms with Crippen molar-refractivity contribution in [1.82, 2.24) is 21.2 Å². The highest BCUT2D eigenvalue weighted by molar-refractivity contribution is 6.14. The highest BCUT2D eigenvalue weighted by atomic mass is 16.2. The van der Waals surface area contributed by atoms with Gasteiger partial charge in [-0.1, -0.05) is 52.9 Å². The van der Waals surface area contributed by atoms with Crippen molar-refractivity contribution in [2.24, 2.45) is 5.92 Å². The molecule has 0 bridgehead atoms. The molecule has 0 aromatic carbocycles. The van der Waals surface area contributed by atoms with E-state index in [0.29, 0.717) is 58.0 Å². The van der Waals surface area contributed by atoms with Gasteiger partial charge in [-0.05, 0) is 44.9 Å². The molecule has 0 heterocycles. The summed E-state index contributed by atoms with van der Waals surface area (Å²) in [5.74, 6) is -0.236. The Morgan fingerprint density at radius 3 is 1.79 bits per heavy atom. The van der Waals surface area contributed by atoms with Crippen molar-refractivity contribution in [1.29, 1.82) is 0 Å². The molecule has 0 aliphatic rings. The zero-order valence-electron chi connectivity index (χ0n) is 24.0. The zero-order valence-corrected chi connectivity index (χ0v) is 24.0. The summed E-state index contributed by atoms with van der Waals surface area (Å²) in [4.78, 5) is 59.7. The van der Waals surface area contributed by atoms with Gasteiger partial charge in [0.15, 0.2) is 0 Å². The summed E-state index contributed by atoms with van der Waals surface area (Å²) in [6.07, 6.45) is 11.2. The van der Waals surface area contributed by atoms with Crippen molar-refractivity contribution < 1.29 is 24.0 Å². The van der Waals surface area contributed by atoms with Crippen molar-refractivity contribution in [3.8, 4) is 0 Å². The lowest BCUT2D eigenvalue weighted by Gasteiger charge is -2.18. The van der Waals surface area contributed by atoms with Crippen LogP contribution in [-0.2, 0) is 24.0 Å². The first-order chi connectivity index (χ1) is 18.2. The van der Waals surface area contributed by atoms with E-state index in [2.05, 4.69) is 28.1 Å². The lowest BCUT2D eigenvalue weighted by Crippen LogP contribution is -2.46. The maximum absolute atomic E-state index is 12.7. The molecule has 0 aliphatic carbocycles. The third kappa shape index (κ3) is 20.6. The third-order valence-corrected chi connectivity index (χ3v) is 6.41. The fourth-order valence-electron chi connectivity index (χ4n) is 3.91. The van der Waals surface area contributed by atoms with E-state index in [9.17, 15) is 24.0 Å². The second-order valence-corrected chi connectivity index (χ2v) is 10.3. The number of unbranched alkanes of at least 4 members (excludes halogenated alkanes) is 7. The van der Waals surface area contributed by atoms with Crippen LogP contribution in [-0.4, -0.2) is 56.5 Å². The normalized spacial score (nSPS) is 11.6. The van der Waals surface area contributed by atoms with Gasteiger partial charge < -0.3 is 21.2 Å². The average Bonchev–Trinajstić information content (AvgIpc) is 2.89. The maximum atomic E-state index is 12.7. The monoisotopic (exact) mass is 534 g/mol. The molecule has 0 aliphatic heterocycles. The molecule has 0 aromatic rings. The Bertz CT molecular complexity index is 703. The van der Waals surface area contributed by atoms with Gasteiger partial charge in [-0.25, -0.2) is 0 Å². The maximum Gasteiger partial charge on any atom is 0.242 e. The Hall–Kier alpha value is -2.39. The predicted octanol–water partition coefficient (Wildman–Crippen LogP) is 3.39. The SMILES string of the molecule is [B]NC(=O)CCCCCNC(=O)CCCCCNC(=O)[C@H](CCCCC)NC(=O)CCCCC(=O)C(C)C. The van der Waals surface area contributed by atoms with E-state index in [-0.39, 0.29) is 35.3 Å². The third-order valence-electron chi connectivity index (χ3n) is 6.41. The van der Waals surface area contributed by atoms with Gasteiger partial charge in [-0.3, -0.25) is 24.0 Å². The molecule has 0 spiro atoms. The van der Waals surface area contributed by atoms with E-state index in [1.807, 2.05) is 13.8 Å². The zero-order chi connectivity index (χ0) is 28.6.